The number of nitrogens with zero attached hydrogens (tertiary/aromatic N) is 2. The van der Waals surface area contributed by atoms with Gasteiger partial charge in [-0.15, -0.1) is 0 Å². The van der Waals surface area contributed by atoms with Crippen LogP contribution in [-0.4, -0.2) is 24.1 Å². The van der Waals surface area contributed by atoms with Gasteiger partial charge in [0.05, 0.1) is 11.2 Å². The van der Waals surface area contributed by atoms with Gasteiger partial charge in [-0.2, -0.15) is 0 Å². The molecule has 15 heavy (non-hydrogen) atoms. The molecular weight excluding hydrogens is 188 g/mol. The van der Waals surface area contributed by atoms with Crippen molar-refractivity contribution in [2.24, 2.45) is 0 Å². The Balaban J connectivity index is 2.56. The first-order chi connectivity index (χ1) is 7.16. The Hall–Kier alpha value is -1.81. The average molecular weight is 202 g/mol. The van der Waals surface area contributed by atoms with Crippen LogP contribution in [-0.2, 0) is 0 Å². The van der Waals surface area contributed by atoms with Gasteiger partial charge in [-0.05, 0) is 24.3 Å². The van der Waals surface area contributed by atoms with Crippen LogP contribution in [0.25, 0.3) is 10.9 Å². The quantitative estimate of drug-likeness (QED) is 0.575. The molecule has 0 saturated carbocycles. The SMILES string of the molecule is CN(C)Nc1ccnc2cc(N)ccc12. The van der Waals surface area contributed by atoms with E-state index in [1.165, 1.54) is 0 Å². The second-order valence-corrected chi connectivity index (χ2v) is 3.64. The molecule has 1 aromatic carbocycles. The predicted octanol–water partition coefficient (Wildman–Crippen LogP) is 1.71. The zero-order valence-electron chi connectivity index (χ0n) is 8.86. The van der Waals surface area contributed by atoms with Gasteiger partial charge in [0.15, 0.2) is 0 Å². The standard InChI is InChI=1S/C11H14N4/c1-15(2)14-10-5-6-13-11-7-8(12)3-4-9(10)11/h3-7H,12H2,1-2H3,(H,13,14). The number of hydrazine groups is 1. The van der Waals surface area contributed by atoms with Crippen LogP contribution in [0.15, 0.2) is 30.5 Å². The zero-order valence-corrected chi connectivity index (χ0v) is 8.86. The van der Waals surface area contributed by atoms with Crippen molar-refractivity contribution < 1.29 is 0 Å². The topological polar surface area (TPSA) is 54.2 Å². The molecule has 0 saturated heterocycles. The number of nitrogen functional groups attached to an aromatic ring is 1. The molecule has 78 valence electrons. The fraction of sp³-hybridized carbons (Fsp3) is 0.182. The molecule has 0 fully saturated rings. The Bertz CT molecular complexity index is 479. The summed E-state index contributed by atoms with van der Waals surface area (Å²) in [5, 5.41) is 2.96. The molecule has 0 aliphatic carbocycles. The highest BCUT2D eigenvalue weighted by Gasteiger charge is 2.02. The van der Waals surface area contributed by atoms with Crippen molar-refractivity contribution in [3.8, 4) is 0 Å². The number of rotatable bonds is 2. The minimum Gasteiger partial charge on any atom is -0.399 e. The monoisotopic (exact) mass is 202 g/mol. The van der Waals surface area contributed by atoms with Gasteiger partial charge in [0, 0.05) is 31.4 Å². The highest BCUT2D eigenvalue weighted by atomic mass is 15.5. The Morgan fingerprint density at radius 2 is 2.07 bits per heavy atom. The zero-order chi connectivity index (χ0) is 10.8. The van der Waals surface area contributed by atoms with Crippen molar-refractivity contribution in [2.75, 3.05) is 25.3 Å². The van der Waals surface area contributed by atoms with E-state index in [4.69, 9.17) is 5.73 Å². The van der Waals surface area contributed by atoms with Gasteiger partial charge >= 0.3 is 0 Å². The Kier molecular flexibility index (Phi) is 2.43. The molecule has 0 aliphatic rings. The summed E-state index contributed by atoms with van der Waals surface area (Å²) in [4.78, 5) is 4.27. The van der Waals surface area contributed by atoms with Crippen molar-refractivity contribution in [3.63, 3.8) is 0 Å². The highest BCUT2D eigenvalue weighted by molar-refractivity contribution is 5.92. The van der Waals surface area contributed by atoms with Gasteiger partial charge in [0.25, 0.3) is 0 Å². The lowest BCUT2D eigenvalue weighted by atomic mass is 10.2. The molecule has 0 spiro atoms. The van der Waals surface area contributed by atoms with Gasteiger partial charge < -0.3 is 11.2 Å². The minimum absolute atomic E-state index is 0.733. The third-order valence-corrected chi connectivity index (χ3v) is 2.11. The summed E-state index contributed by atoms with van der Waals surface area (Å²) in [6.07, 6.45) is 1.77. The molecule has 2 aromatic rings. The summed E-state index contributed by atoms with van der Waals surface area (Å²) in [6, 6.07) is 7.67. The van der Waals surface area contributed by atoms with E-state index in [9.17, 15) is 0 Å². The van der Waals surface area contributed by atoms with Crippen LogP contribution in [0.1, 0.15) is 0 Å². The number of pyridine rings is 1. The Morgan fingerprint density at radius 3 is 2.80 bits per heavy atom. The molecule has 2 rings (SSSR count). The second kappa shape index (κ2) is 3.74. The van der Waals surface area contributed by atoms with Gasteiger partial charge in [-0.1, -0.05) is 0 Å². The lowest BCUT2D eigenvalue weighted by molar-refractivity contribution is 0.496. The lowest BCUT2D eigenvalue weighted by Crippen LogP contribution is -2.19. The van der Waals surface area contributed by atoms with Crippen LogP contribution in [0, 0.1) is 0 Å². The van der Waals surface area contributed by atoms with Crippen molar-refractivity contribution in [2.45, 2.75) is 0 Å². The molecule has 4 heteroatoms. The summed E-state index contributed by atoms with van der Waals surface area (Å²) in [7, 11) is 3.90. The third kappa shape index (κ3) is 1.99. The molecule has 0 bridgehead atoms. The van der Waals surface area contributed by atoms with E-state index in [0.717, 1.165) is 22.3 Å². The number of hydrogen-bond donors (Lipinski definition) is 2. The fourth-order valence-electron chi connectivity index (χ4n) is 1.50. The summed E-state index contributed by atoms with van der Waals surface area (Å²) >= 11 is 0. The van der Waals surface area contributed by atoms with Crippen LogP contribution in [0.2, 0.25) is 0 Å². The molecule has 0 unspecified atom stereocenters. The molecule has 0 atom stereocenters. The maximum Gasteiger partial charge on any atom is 0.0743 e. The van der Waals surface area contributed by atoms with Crippen LogP contribution < -0.4 is 11.2 Å². The van der Waals surface area contributed by atoms with E-state index in [1.807, 2.05) is 43.4 Å². The third-order valence-electron chi connectivity index (χ3n) is 2.11. The molecule has 1 aromatic heterocycles. The van der Waals surface area contributed by atoms with Crippen molar-refractivity contribution in [3.05, 3.63) is 30.5 Å². The number of hydrogen-bond acceptors (Lipinski definition) is 4. The molecule has 3 N–H and O–H groups in total. The number of fused-ring (bicyclic) bond motifs is 1. The number of anilines is 2. The highest BCUT2D eigenvalue weighted by Crippen LogP contribution is 2.23. The number of nitrogens with two attached hydrogens (primary N) is 1. The minimum atomic E-state index is 0.733. The average Bonchev–Trinajstić information content (AvgIpc) is 2.16. The molecule has 0 amide bonds. The van der Waals surface area contributed by atoms with Crippen LogP contribution in [0.3, 0.4) is 0 Å². The summed E-state index contributed by atoms with van der Waals surface area (Å²) < 4.78 is 0. The molecule has 4 nitrogen and oxygen atoms in total. The molecule has 1 heterocycles. The smallest absolute Gasteiger partial charge is 0.0743 e. The first-order valence-corrected chi connectivity index (χ1v) is 4.75. The van der Waals surface area contributed by atoms with Gasteiger partial charge in [0.1, 0.15) is 0 Å². The van der Waals surface area contributed by atoms with E-state index in [-0.39, 0.29) is 0 Å². The van der Waals surface area contributed by atoms with Gasteiger partial charge in [-0.3, -0.25) is 4.98 Å². The molecule has 0 aliphatic heterocycles. The Labute approximate surface area is 88.7 Å². The largest absolute Gasteiger partial charge is 0.399 e. The predicted molar refractivity (Wildman–Crippen MR) is 63.5 cm³/mol. The maximum absolute atomic E-state index is 5.70. The van der Waals surface area contributed by atoms with Crippen LogP contribution >= 0.6 is 0 Å². The number of aromatic nitrogens is 1. The van der Waals surface area contributed by atoms with Crippen LogP contribution in [0.4, 0.5) is 11.4 Å². The summed E-state index contributed by atoms with van der Waals surface area (Å²) in [6.45, 7) is 0. The summed E-state index contributed by atoms with van der Waals surface area (Å²) in [5.74, 6) is 0. The van der Waals surface area contributed by atoms with E-state index in [0.29, 0.717) is 0 Å². The van der Waals surface area contributed by atoms with E-state index < -0.39 is 0 Å². The molecular formula is C11H14N4. The number of benzene rings is 1. The second-order valence-electron chi connectivity index (χ2n) is 3.64. The van der Waals surface area contributed by atoms with Crippen molar-refractivity contribution >= 4 is 22.3 Å². The lowest BCUT2D eigenvalue weighted by Gasteiger charge is -2.15. The van der Waals surface area contributed by atoms with Crippen LogP contribution in [0.5, 0.6) is 0 Å². The van der Waals surface area contributed by atoms with Crippen molar-refractivity contribution in [1.82, 2.24) is 9.99 Å². The van der Waals surface area contributed by atoms with E-state index >= 15 is 0 Å². The fourth-order valence-corrected chi connectivity index (χ4v) is 1.50. The van der Waals surface area contributed by atoms with E-state index in [2.05, 4.69) is 10.4 Å². The first-order valence-electron chi connectivity index (χ1n) is 4.75. The van der Waals surface area contributed by atoms with Gasteiger partial charge in [0.2, 0.25) is 0 Å². The maximum atomic E-state index is 5.70. The normalized spacial score (nSPS) is 10.9. The van der Waals surface area contributed by atoms with Crippen molar-refractivity contribution in [1.29, 1.82) is 0 Å². The summed E-state index contributed by atoms with van der Waals surface area (Å²) in [5.41, 5.74) is 11.6. The van der Waals surface area contributed by atoms with E-state index in [1.54, 1.807) is 6.20 Å². The van der Waals surface area contributed by atoms with Gasteiger partial charge in [-0.25, -0.2) is 5.01 Å². The first kappa shape index (κ1) is 9.73. The molecule has 0 radical (unpaired) electrons. The Morgan fingerprint density at radius 1 is 1.27 bits per heavy atom. The number of nitrogens with one attached hydrogen (secondary N) is 1.